The Hall–Kier alpha value is -0.470. The number of fused-ring (bicyclic) bond motifs is 1. The first-order valence-corrected chi connectivity index (χ1v) is 5.46. The number of carbonyl (C=O) groups is 1. The molecular weight excluding hydrogens is 186 g/mol. The number of ketones is 1. The lowest BCUT2D eigenvalue weighted by Crippen LogP contribution is -2.17. The molecule has 0 N–H and O–H groups in total. The number of hydrogen-bond acceptors (Lipinski definition) is 1. The fraction of sp³-hybridized carbons (Fsp3) is 0.909. The van der Waals surface area contributed by atoms with Gasteiger partial charge < -0.3 is 0 Å². The quantitative estimate of drug-likeness (QED) is 0.684. The third-order valence-corrected chi connectivity index (χ3v) is 4.35. The van der Waals surface area contributed by atoms with Crippen LogP contribution < -0.4 is 0 Å². The summed E-state index contributed by atoms with van der Waals surface area (Å²) < 4.78 is 25.3. The zero-order valence-electron chi connectivity index (χ0n) is 8.06. The Kier molecular flexibility index (Phi) is 1.49. The van der Waals surface area contributed by atoms with Gasteiger partial charge in [0.1, 0.15) is 5.78 Å². The minimum Gasteiger partial charge on any atom is -0.299 e. The number of hydrogen-bond donors (Lipinski definition) is 0. The average molecular weight is 200 g/mol. The molecule has 0 heterocycles. The van der Waals surface area contributed by atoms with Crippen molar-refractivity contribution in [3.8, 4) is 0 Å². The first-order chi connectivity index (χ1) is 6.55. The molecule has 0 aromatic rings. The summed E-state index contributed by atoms with van der Waals surface area (Å²) in [7, 11) is 0. The Morgan fingerprint density at radius 1 is 1.36 bits per heavy atom. The minimum atomic E-state index is -2.52. The molecule has 0 aromatic carbocycles. The summed E-state index contributed by atoms with van der Waals surface area (Å²) in [6, 6.07) is 0. The molecule has 3 aliphatic rings. The van der Waals surface area contributed by atoms with E-state index < -0.39 is 11.8 Å². The Labute approximate surface area is 81.9 Å². The van der Waals surface area contributed by atoms with Gasteiger partial charge in [0.05, 0.1) is 0 Å². The molecule has 0 amide bonds. The van der Waals surface area contributed by atoms with Crippen LogP contribution >= 0.6 is 0 Å². The molecule has 3 heteroatoms. The summed E-state index contributed by atoms with van der Waals surface area (Å²) in [5, 5.41) is 0. The molecule has 3 fully saturated rings. The lowest BCUT2D eigenvalue weighted by atomic mass is 9.94. The van der Waals surface area contributed by atoms with Crippen LogP contribution in [0.3, 0.4) is 0 Å². The van der Waals surface area contributed by atoms with Crippen molar-refractivity contribution in [1.82, 2.24) is 0 Å². The molecule has 0 aromatic heterocycles. The maximum Gasteiger partial charge on any atom is 0.252 e. The highest BCUT2D eigenvalue weighted by atomic mass is 19.3. The fourth-order valence-corrected chi connectivity index (χ4v) is 3.13. The SMILES string of the molecule is O=C(CC1CC1(F)F)C12CCCC1C2. The van der Waals surface area contributed by atoms with Crippen LogP contribution in [0.1, 0.15) is 38.5 Å². The van der Waals surface area contributed by atoms with Gasteiger partial charge in [-0.15, -0.1) is 0 Å². The second kappa shape index (κ2) is 2.37. The topological polar surface area (TPSA) is 17.1 Å². The van der Waals surface area contributed by atoms with Gasteiger partial charge in [-0.05, 0) is 25.2 Å². The van der Waals surface area contributed by atoms with Crippen molar-refractivity contribution in [2.24, 2.45) is 17.3 Å². The van der Waals surface area contributed by atoms with Gasteiger partial charge in [-0.25, -0.2) is 8.78 Å². The van der Waals surface area contributed by atoms with Gasteiger partial charge in [0.15, 0.2) is 0 Å². The van der Waals surface area contributed by atoms with Gasteiger partial charge in [0.25, 0.3) is 5.92 Å². The molecule has 0 radical (unpaired) electrons. The van der Waals surface area contributed by atoms with Crippen molar-refractivity contribution >= 4 is 5.78 Å². The molecule has 3 saturated carbocycles. The van der Waals surface area contributed by atoms with E-state index in [1.54, 1.807) is 0 Å². The third kappa shape index (κ3) is 1.07. The van der Waals surface area contributed by atoms with Crippen molar-refractivity contribution in [3.05, 3.63) is 0 Å². The Morgan fingerprint density at radius 2 is 2.07 bits per heavy atom. The molecule has 0 spiro atoms. The number of Topliss-reactive ketones (excluding diaryl/α,β-unsaturated/α-hetero) is 1. The van der Waals surface area contributed by atoms with Crippen LogP contribution in [0.15, 0.2) is 0 Å². The van der Waals surface area contributed by atoms with Gasteiger partial charge >= 0.3 is 0 Å². The Bertz CT molecular complexity index is 300. The van der Waals surface area contributed by atoms with Gasteiger partial charge in [0, 0.05) is 24.2 Å². The molecule has 3 atom stereocenters. The summed E-state index contributed by atoms with van der Waals surface area (Å²) in [5.74, 6) is -2.44. The summed E-state index contributed by atoms with van der Waals surface area (Å²) in [4.78, 5) is 11.8. The molecule has 1 nitrogen and oxygen atoms in total. The van der Waals surface area contributed by atoms with Crippen molar-refractivity contribution in [2.75, 3.05) is 0 Å². The first-order valence-electron chi connectivity index (χ1n) is 5.46. The van der Waals surface area contributed by atoms with Crippen molar-refractivity contribution in [1.29, 1.82) is 0 Å². The predicted octanol–water partition coefficient (Wildman–Crippen LogP) is 2.79. The zero-order valence-corrected chi connectivity index (χ0v) is 8.06. The van der Waals surface area contributed by atoms with E-state index in [0.717, 1.165) is 25.7 Å². The van der Waals surface area contributed by atoms with Crippen LogP contribution in [-0.4, -0.2) is 11.7 Å². The predicted molar refractivity (Wildman–Crippen MR) is 47.1 cm³/mol. The Balaban J connectivity index is 1.62. The molecule has 3 aliphatic carbocycles. The molecule has 0 aliphatic heterocycles. The summed E-state index contributed by atoms with van der Waals surface area (Å²) in [6.07, 6.45) is 4.31. The average Bonchev–Trinajstić information content (AvgIpc) is 2.91. The molecule has 0 bridgehead atoms. The van der Waals surface area contributed by atoms with Gasteiger partial charge in [-0.2, -0.15) is 0 Å². The van der Waals surface area contributed by atoms with Crippen LogP contribution in [0.5, 0.6) is 0 Å². The monoisotopic (exact) mass is 200 g/mol. The van der Waals surface area contributed by atoms with Gasteiger partial charge in [0.2, 0.25) is 0 Å². The van der Waals surface area contributed by atoms with Gasteiger partial charge in [-0.1, -0.05) is 6.42 Å². The van der Waals surface area contributed by atoms with Crippen LogP contribution in [0.4, 0.5) is 8.78 Å². The second-order valence-electron chi connectivity index (χ2n) is 5.24. The number of rotatable bonds is 3. The van der Waals surface area contributed by atoms with E-state index in [4.69, 9.17) is 0 Å². The second-order valence-corrected chi connectivity index (χ2v) is 5.24. The maximum atomic E-state index is 12.6. The standard InChI is InChI=1S/C11H14F2O/c12-11(13)6-8(11)4-9(14)10-3-1-2-7(10)5-10/h7-8H,1-6H2. The summed E-state index contributed by atoms with van der Waals surface area (Å²) >= 11 is 0. The van der Waals surface area contributed by atoms with Crippen LogP contribution in [0.2, 0.25) is 0 Å². The first kappa shape index (κ1) is 8.81. The maximum absolute atomic E-state index is 12.6. The summed E-state index contributed by atoms with van der Waals surface area (Å²) in [6.45, 7) is 0. The smallest absolute Gasteiger partial charge is 0.252 e. The van der Waals surface area contributed by atoms with E-state index >= 15 is 0 Å². The van der Waals surface area contributed by atoms with Crippen LogP contribution in [0.25, 0.3) is 0 Å². The molecular formula is C11H14F2O. The highest BCUT2D eigenvalue weighted by Gasteiger charge is 2.64. The minimum absolute atomic E-state index is 0.0561. The molecule has 78 valence electrons. The lowest BCUT2D eigenvalue weighted by Gasteiger charge is -2.09. The molecule has 0 saturated heterocycles. The van der Waals surface area contributed by atoms with Crippen molar-refractivity contribution in [3.63, 3.8) is 0 Å². The highest BCUT2D eigenvalue weighted by Crippen LogP contribution is 2.65. The van der Waals surface area contributed by atoms with Gasteiger partial charge in [-0.3, -0.25) is 4.79 Å². The number of alkyl halides is 2. The zero-order chi connectivity index (χ0) is 9.97. The van der Waals surface area contributed by atoms with E-state index in [1.165, 1.54) is 0 Å². The summed E-state index contributed by atoms with van der Waals surface area (Å²) in [5.41, 5.74) is -0.112. The van der Waals surface area contributed by atoms with Crippen molar-refractivity contribution < 1.29 is 13.6 Å². The van der Waals surface area contributed by atoms with E-state index in [9.17, 15) is 13.6 Å². The van der Waals surface area contributed by atoms with E-state index in [0.29, 0.717) is 5.92 Å². The number of carbonyl (C=O) groups excluding carboxylic acids is 1. The lowest BCUT2D eigenvalue weighted by molar-refractivity contribution is -0.125. The van der Waals surface area contributed by atoms with Crippen LogP contribution in [0, 0.1) is 17.3 Å². The molecule has 3 rings (SSSR count). The molecule has 3 unspecified atom stereocenters. The Morgan fingerprint density at radius 3 is 2.50 bits per heavy atom. The normalized spacial score (nSPS) is 47.3. The van der Waals surface area contributed by atoms with E-state index in [1.807, 2.05) is 0 Å². The highest BCUT2D eigenvalue weighted by molar-refractivity contribution is 5.89. The largest absolute Gasteiger partial charge is 0.299 e. The fourth-order valence-electron chi connectivity index (χ4n) is 3.13. The van der Waals surface area contributed by atoms with E-state index in [-0.39, 0.29) is 24.0 Å². The van der Waals surface area contributed by atoms with Crippen LogP contribution in [-0.2, 0) is 4.79 Å². The molecule has 14 heavy (non-hydrogen) atoms. The van der Waals surface area contributed by atoms with Crippen molar-refractivity contribution in [2.45, 2.75) is 44.4 Å². The number of halogens is 2. The third-order valence-electron chi connectivity index (χ3n) is 4.35. The van der Waals surface area contributed by atoms with E-state index in [2.05, 4.69) is 0 Å².